The van der Waals surface area contributed by atoms with Gasteiger partial charge >= 0.3 is 0 Å². The van der Waals surface area contributed by atoms with Crippen molar-refractivity contribution in [1.29, 1.82) is 0 Å². The van der Waals surface area contributed by atoms with E-state index in [4.69, 9.17) is 11.6 Å². The zero-order valence-corrected chi connectivity index (χ0v) is 8.97. The highest BCUT2D eigenvalue weighted by molar-refractivity contribution is 6.29. The fraction of sp³-hybridized carbons (Fsp3) is 0.500. The van der Waals surface area contributed by atoms with E-state index in [0.29, 0.717) is 17.1 Å². The minimum atomic E-state index is 0.447. The number of anilines is 1. The Kier molecular flexibility index (Phi) is 3.55. The van der Waals surface area contributed by atoms with Gasteiger partial charge in [-0.25, -0.2) is 4.98 Å². The van der Waals surface area contributed by atoms with E-state index in [2.05, 4.69) is 31.1 Å². The van der Waals surface area contributed by atoms with E-state index in [-0.39, 0.29) is 0 Å². The number of aromatic nitrogens is 1. The molecule has 1 N–H and O–H groups in total. The zero-order valence-electron chi connectivity index (χ0n) is 8.21. The van der Waals surface area contributed by atoms with Crippen molar-refractivity contribution in [3.8, 4) is 0 Å². The molecule has 0 aliphatic rings. The highest BCUT2D eigenvalue weighted by Gasteiger charge is 2.05. The summed E-state index contributed by atoms with van der Waals surface area (Å²) in [5.74, 6) is 0.607. The predicted molar refractivity (Wildman–Crippen MR) is 57.2 cm³/mol. The first-order valence-corrected chi connectivity index (χ1v) is 4.85. The summed E-state index contributed by atoms with van der Waals surface area (Å²) in [5.41, 5.74) is 1.02. The smallest absolute Gasteiger partial charge is 0.129 e. The molecule has 1 aromatic rings. The molecule has 0 spiro atoms. The maximum Gasteiger partial charge on any atom is 0.129 e. The van der Waals surface area contributed by atoms with Gasteiger partial charge in [-0.2, -0.15) is 0 Å². The van der Waals surface area contributed by atoms with Gasteiger partial charge in [-0.3, -0.25) is 0 Å². The van der Waals surface area contributed by atoms with Crippen LogP contribution < -0.4 is 5.32 Å². The van der Waals surface area contributed by atoms with Gasteiger partial charge in [0.2, 0.25) is 0 Å². The summed E-state index contributed by atoms with van der Waals surface area (Å²) >= 11 is 5.67. The number of rotatable bonds is 3. The number of nitrogens with one attached hydrogen (secondary N) is 1. The minimum absolute atomic E-state index is 0.447. The molecule has 0 radical (unpaired) electrons. The molecule has 0 saturated carbocycles. The minimum Gasteiger partial charge on any atom is -0.381 e. The largest absolute Gasteiger partial charge is 0.381 e. The highest BCUT2D eigenvalue weighted by atomic mass is 35.5. The molecule has 0 amide bonds. The Labute approximate surface area is 84.3 Å². The van der Waals surface area contributed by atoms with Crippen LogP contribution in [-0.4, -0.2) is 11.0 Å². The number of pyridine rings is 1. The van der Waals surface area contributed by atoms with Crippen LogP contribution in [0.3, 0.4) is 0 Å². The SMILES string of the molecule is CC(C)C(C)Nc1ccc(Cl)nc1. The van der Waals surface area contributed by atoms with Crippen molar-refractivity contribution in [2.45, 2.75) is 26.8 Å². The lowest BCUT2D eigenvalue weighted by Gasteiger charge is -2.18. The second-order valence-corrected chi connectivity index (χ2v) is 3.93. The summed E-state index contributed by atoms with van der Waals surface area (Å²) in [4.78, 5) is 3.99. The summed E-state index contributed by atoms with van der Waals surface area (Å²) < 4.78 is 0. The summed E-state index contributed by atoms with van der Waals surface area (Å²) in [7, 11) is 0. The van der Waals surface area contributed by atoms with E-state index in [1.54, 1.807) is 12.3 Å². The number of hydrogen-bond acceptors (Lipinski definition) is 2. The highest BCUT2D eigenvalue weighted by Crippen LogP contribution is 2.13. The molecule has 3 heteroatoms. The molecular weight excluding hydrogens is 184 g/mol. The summed E-state index contributed by atoms with van der Waals surface area (Å²) in [6.45, 7) is 6.52. The third kappa shape index (κ3) is 3.23. The molecule has 1 unspecified atom stereocenters. The molecule has 1 rings (SSSR count). The van der Waals surface area contributed by atoms with Gasteiger partial charge in [0.1, 0.15) is 5.15 Å². The Morgan fingerprint density at radius 3 is 2.46 bits per heavy atom. The van der Waals surface area contributed by atoms with Gasteiger partial charge in [-0.05, 0) is 25.0 Å². The van der Waals surface area contributed by atoms with E-state index in [9.17, 15) is 0 Å². The third-order valence-corrected chi connectivity index (χ3v) is 2.35. The van der Waals surface area contributed by atoms with E-state index in [1.807, 2.05) is 6.07 Å². The molecular formula is C10H15ClN2. The van der Waals surface area contributed by atoms with E-state index < -0.39 is 0 Å². The molecule has 0 aliphatic heterocycles. The molecule has 0 bridgehead atoms. The Morgan fingerprint density at radius 2 is 2.00 bits per heavy atom. The second kappa shape index (κ2) is 4.47. The van der Waals surface area contributed by atoms with Crippen LogP contribution >= 0.6 is 11.6 Å². The van der Waals surface area contributed by atoms with Crippen molar-refractivity contribution in [1.82, 2.24) is 4.98 Å². The van der Waals surface area contributed by atoms with Crippen molar-refractivity contribution in [2.24, 2.45) is 5.92 Å². The predicted octanol–water partition coefficient (Wildman–Crippen LogP) is 3.19. The lowest BCUT2D eigenvalue weighted by atomic mass is 10.1. The lowest BCUT2D eigenvalue weighted by molar-refractivity contribution is 0.560. The topological polar surface area (TPSA) is 24.9 Å². The number of halogens is 1. The van der Waals surface area contributed by atoms with Gasteiger partial charge in [-0.15, -0.1) is 0 Å². The summed E-state index contributed by atoms with van der Waals surface area (Å²) in [5, 5.41) is 3.88. The fourth-order valence-electron chi connectivity index (χ4n) is 0.891. The van der Waals surface area contributed by atoms with Gasteiger partial charge in [-0.1, -0.05) is 25.4 Å². The molecule has 1 aromatic heterocycles. The van der Waals surface area contributed by atoms with Crippen LogP contribution in [0.5, 0.6) is 0 Å². The van der Waals surface area contributed by atoms with E-state index >= 15 is 0 Å². The average Bonchev–Trinajstić information content (AvgIpc) is 2.08. The molecule has 0 aromatic carbocycles. The summed E-state index contributed by atoms with van der Waals surface area (Å²) in [6, 6.07) is 4.17. The van der Waals surface area contributed by atoms with Gasteiger partial charge < -0.3 is 5.32 Å². The molecule has 1 heterocycles. The Hall–Kier alpha value is -0.760. The third-order valence-electron chi connectivity index (χ3n) is 2.12. The first-order valence-electron chi connectivity index (χ1n) is 4.47. The zero-order chi connectivity index (χ0) is 9.84. The molecule has 2 nitrogen and oxygen atoms in total. The maximum atomic E-state index is 5.67. The van der Waals surface area contributed by atoms with Crippen molar-refractivity contribution in [3.05, 3.63) is 23.5 Å². The second-order valence-electron chi connectivity index (χ2n) is 3.55. The number of nitrogens with zero attached hydrogens (tertiary/aromatic N) is 1. The molecule has 0 aliphatic carbocycles. The fourth-order valence-corrected chi connectivity index (χ4v) is 1.00. The van der Waals surface area contributed by atoms with Crippen LogP contribution in [0, 0.1) is 5.92 Å². The van der Waals surface area contributed by atoms with E-state index in [1.165, 1.54) is 0 Å². The van der Waals surface area contributed by atoms with Crippen molar-refractivity contribution < 1.29 is 0 Å². The normalized spacial score (nSPS) is 13.0. The molecule has 1 atom stereocenters. The van der Waals surface area contributed by atoms with Crippen LogP contribution in [0.4, 0.5) is 5.69 Å². The Balaban J connectivity index is 2.59. The van der Waals surface area contributed by atoms with Crippen LogP contribution in [-0.2, 0) is 0 Å². The first kappa shape index (κ1) is 10.3. The van der Waals surface area contributed by atoms with Crippen molar-refractivity contribution >= 4 is 17.3 Å². The molecule has 0 saturated heterocycles. The van der Waals surface area contributed by atoms with Gasteiger partial charge in [0.25, 0.3) is 0 Å². The monoisotopic (exact) mass is 198 g/mol. The van der Waals surface area contributed by atoms with Gasteiger partial charge in [0.15, 0.2) is 0 Å². The van der Waals surface area contributed by atoms with Crippen LogP contribution in [0.15, 0.2) is 18.3 Å². The molecule has 72 valence electrons. The van der Waals surface area contributed by atoms with Crippen LogP contribution in [0.25, 0.3) is 0 Å². The van der Waals surface area contributed by atoms with E-state index in [0.717, 1.165) is 5.69 Å². The summed E-state index contributed by atoms with van der Waals surface area (Å²) in [6.07, 6.45) is 1.75. The van der Waals surface area contributed by atoms with Crippen molar-refractivity contribution in [2.75, 3.05) is 5.32 Å². The first-order chi connectivity index (χ1) is 6.09. The maximum absolute atomic E-state index is 5.67. The Bertz CT molecular complexity index is 256. The lowest BCUT2D eigenvalue weighted by Crippen LogP contribution is -2.21. The number of hydrogen-bond donors (Lipinski definition) is 1. The molecule has 0 fully saturated rings. The van der Waals surface area contributed by atoms with Gasteiger partial charge in [0.05, 0.1) is 11.9 Å². The van der Waals surface area contributed by atoms with Crippen LogP contribution in [0.2, 0.25) is 5.15 Å². The van der Waals surface area contributed by atoms with Gasteiger partial charge in [0, 0.05) is 6.04 Å². The van der Waals surface area contributed by atoms with Crippen LogP contribution in [0.1, 0.15) is 20.8 Å². The standard InChI is InChI=1S/C10H15ClN2/c1-7(2)8(3)13-9-4-5-10(11)12-6-9/h4-8,13H,1-3H3. The quantitative estimate of drug-likeness (QED) is 0.755. The average molecular weight is 199 g/mol. The molecule has 13 heavy (non-hydrogen) atoms. The Morgan fingerprint density at radius 1 is 1.31 bits per heavy atom. The van der Waals surface area contributed by atoms with Crippen molar-refractivity contribution in [3.63, 3.8) is 0 Å².